The average Bonchev–Trinajstić information content (AvgIpc) is 2.76. The van der Waals surface area contributed by atoms with Crippen molar-refractivity contribution in [2.24, 2.45) is 5.73 Å². The lowest BCUT2D eigenvalue weighted by Gasteiger charge is -2.46. The van der Waals surface area contributed by atoms with E-state index in [9.17, 15) is 9.18 Å². The minimum absolute atomic E-state index is 0.0168. The molecular formula is C13H18FN3O. The van der Waals surface area contributed by atoms with Crippen LogP contribution in [0.15, 0.2) is 23.7 Å². The normalized spacial score (nSPS) is 31.5. The lowest BCUT2D eigenvalue weighted by Crippen LogP contribution is -2.56. The summed E-state index contributed by atoms with van der Waals surface area (Å²) in [5.74, 6) is -0.483. The molecule has 4 nitrogen and oxygen atoms in total. The molecule has 3 rings (SSSR count). The van der Waals surface area contributed by atoms with Gasteiger partial charge in [-0.15, -0.1) is 0 Å². The molecule has 0 radical (unpaired) electrons. The highest BCUT2D eigenvalue weighted by atomic mass is 19.1. The van der Waals surface area contributed by atoms with E-state index in [1.54, 1.807) is 6.08 Å². The van der Waals surface area contributed by atoms with Gasteiger partial charge in [0.15, 0.2) is 0 Å². The van der Waals surface area contributed by atoms with Gasteiger partial charge < -0.3 is 10.6 Å². The molecule has 98 valence electrons. The van der Waals surface area contributed by atoms with Crippen molar-refractivity contribution in [2.75, 3.05) is 19.6 Å². The molecular weight excluding hydrogens is 233 g/mol. The quantitative estimate of drug-likeness (QED) is 0.788. The van der Waals surface area contributed by atoms with Crippen LogP contribution >= 0.6 is 0 Å². The van der Waals surface area contributed by atoms with Gasteiger partial charge in [-0.25, -0.2) is 4.39 Å². The highest BCUT2D eigenvalue weighted by Gasteiger charge is 2.41. The number of allylic oxidation sites excluding steroid dienone is 2. The van der Waals surface area contributed by atoms with Crippen LogP contribution in [-0.2, 0) is 4.79 Å². The molecule has 1 aliphatic carbocycles. The summed E-state index contributed by atoms with van der Waals surface area (Å²) in [4.78, 5) is 15.4. The van der Waals surface area contributed by atoms with Gasteiger partial charge in [0, 0.05) is 19.1 Å². The van der Waals surface area contributed by atoms with Crippen LogP contribution in [-0.4, -0.2) is 47.4 Å². The minimum atomic E-state index is -0.337. The van der Waals surface area contributed by atoms with Crippen molar-refractivity contribution in [3.05, 3.63) is 23.7 Å². The molecule has 18 heavy (non-hydrogen) atoms. The Kier molecular flexibility index (Phi) is 2.86. The summed E-state index contributed by atoms with van der Waals surface area (Å²) in [5.41, 5.74) is 6.07. The van der Waals surface area contributed by atoms with Gasteiger partial charge in [0.2, 0.25) is 5.91 Å². The number of nitrogens with two attached hydrogens (primary N) is 1. The van der Waals surface area contributed by atoms with Gasteiger partial charge in [-0.2, -0.15) is 0 Å². The predicted molar refractivity (Wildman–Crippen MR) is 66.2 cm³/mol. The molecule has 2 saturated heterocycles. The van der Waals surface area contributed by atoms with Crippen LogP contribution in [0.5, 0.6) is 0 Å². The summed E-state index contributed by atoms with van der Waals surface area (Å²) < 4.78 is 14.1. The lowest BCUT2D eigenvalue weighted by molar-refractivity contribution is -0.120. The van der Waals surface area contributed by atoms with E-state index in [0.29, 0.717) is 6.04 Å². The van der Waals surface area contributed by atoms with Crippen LogP contribution in [0.3, 0.4) is 0 Å². The van der Waals surface area contributed by atoms with Crippen molar-refractivity contribution in [3.8, 4) is 0 Å². The van der Waals surface area contributed by atoms with E-state index in [1.165, 1.54) is 0 Å². The monoisotopic (exact) mass is 251 g/mol. The van der Waals surface area contributed by atoms with Crippen LogP contribution in [0.1, 0.15) is 19.3 Å². The molecule has 3 aliphatic rings. The molecule has 2 aliphatic heterocycles. The highest BCUT2D eigenvalue weighted by molar-refractivity contribution is 5.76. The molecule has 1 amide bonds. The molecule has 0 aromatic heterocycles. The van der Waals surface area contributed by atoms with Crippen molar-refractivity contribution in [1.82, 2.24) is 9.80 Å². The zero-order chi connectivity index (χ0) is 12.7. The number of carbonyl (C=O) groups is 1. The zero-order valence-electron chi connectivity index (χ0n) is 10.3. The van der Waals surface area contributed by atoms with E-state index in [1.807, 2.05) is 11.0 Å². The maximum Gasteiger partial charge on any atom is 0.231 e. The Labute approximate surface area is 106 Å². The van der Waals surface area contributed by atoms with Crippen molar-refractivity contribution >= 4 is 5.91 Å². The fourth-order valence-electron chi connectivity index (χ4n) is 3.42. The van der Waals surface area contributed by atoms with E-state index in [0.717, 1.165) is 38.0 Å². The molecule has 2 heterocycles. The van der Waals surface area contributed by atoms with Gasteiger partial charge in [-0.05, 0) is 25.3 Å². The van der Waals surface area contributed by atoms with E-state index >= 15 is 0 Å². The Morgan fingerprint density at radius 2 is 2.39 bits per heavy atom. The molecule has 0 saturated carbocycles. The summed E-state index contributed by atoms with van der Waals surface area (Å²) in [5, 5.41) is 0. The fraction of sp³-hybridized carbons (Fsp3) is 0.615. The maximum absolute atomic E-state index is 14.1. The Morgan fingerprint density at radius 3 is 3.17 bits per heavy atom. The largest absolute Gasteiger partial charge is 0.369 e. The van der Waals surface area contributed by atoms with Crippen LogP contribution in [0, 0.1) is 0 Å². The first-order valence-corrected chi connectivity index (χ1v) is 6.52. The van der Waals surface area contributed by atoms with Crippen LogP contribution in [0.4, 0.5) is 4.39 Å². The van der Waals surface area contributed by atoms with Gasteiger partial charge in [0.25, 0.3) is 0 Å². The first-order valence-electron chi connectivity index (χ1n) is 6.52. The van der Waals surface area contributed by atoms with Gasteiger partial charge >= 0.3 is 0 Å². The summed E-state index contributed by atoms with van der Waals surface area (Å²) in [6.07, 6.45) is 6.33. The molecule has 0 aromatic rings. The number of piperazine rings is 1. The summed E-state index contributed by atoms with van der Waals surface area (Å²) in [7, 11) is 0. The molecule has 0 aromatic carbocycles. The molecule has 2 fully saturated rings. The van der Waals surface area contributed by atoms with Gasteiger partial charge in [-0.3, -0.25) is 9.69 Å². The minimum Gasteiger partial charge on any atom is -0.369 e. The zero-order valence-corrected chi connectivity index (χ0v) is 10.3. The topological polar surface area (TPSA) is 49.6 Å². The second kappa shape index (κ2) is 4.39. The number of hydrogen-bond donors (Lipinski definition) is 1. The average molecular weight is 251 g/mol. The smallest absolute Gasteiger partial charge is 0.231 e. The van der Waals surface area contributed by atoms with E-state index < -0.39 is 0 Å². The number of carbonyl (C=O) groups excluding carboxylic acids is 1. The van der Waals surface area contributed by atoms with Crippen molar-refractivity contribution < 1.29 is 9.18 Å². The molecule has 2 N–H and O–H groups in total. The first-order chi connectivity index (χ1) is 8.66. The third-order valence-corrected chi connectivity index (χ3v) is 4.12. The number of fused-ring (bicyclic) bond motifs is 3. The van der Waals surface area contributed by atoms with Crippen molar-refractivity contribution in [2.45, 2.75) is 31.3 Å². The Morgan fingerprint density at radius 1 is 1.56 bits per heavy atom. The molecule has 0 bridgehead atoms. The number of nitrogens with zero attached hydrogens (tertiary/aromatic N) is 2. The Bertz CT molecular complexity index is 432. The van der Waals surface area contributed by atoms with E-state index in [-0.39, 0.29) is 24.3 Å². The van der Waals surface area contributed by atoms with Crippen molar-refractivity contribution in [1.29, 1.82) is 0 Å². The molecule has 5 heteroatoms. The lowest BCUT2D eigenvalue weighted by atomic mass is 9.96. The van der Waals surface area contributed by atoms with Crippen molar-refractivity contribution in [3.63, 3.8) is 0 Å². The van der Waals surface area contributed by atoms with E-state index in [2.05, 4.69) is 4.90 Å². The maximum atomic E-state index is 14.1. The molecule has 0 spiro atoms. The number of primary amides is 1. The summed E-state index contributed by atoms with van der Waals surface area (Å²) >= 11 is 0. The predicted octanol–water partition coefficient (Wildman–Crippen LogP) is 0.761. The first kappa shape index (κ1) is 11.7. The van der Waals surface area contributed by atoms with Crippen LogP contribution in [0.2, 0.25) is 0 Å². The number of rotatable bonds is 2. The standard InChI is InChI=1S/C13H18FN3O/c14-10-4-1-5-11-13(10)17-6-2-3-9(17)7-16(11)8-12(15)18/h1,4,9,11H,2-3,5-8H2,(H2,15,18)/t9-,11+/m1/s1. The number of hydrogen-bond acceptors (Lipinski definition) is 3. The van der Waals surface area contributed by atoms with Gasteiger partial charge in [-0.1, -0.05) is 6.08 Å². The van der Waals surface area contributed by atoms with Crippen LogP contribution < -0.4 is 5.73 Å². The second-order valence-electron chi connectivity index (χ2n) is 5.27. The van der Waals surface area contributed by atoms with E-state index in [4.69, 9.17) is 5.73 Å². The number of amides is 1. The summed E-state index contributed by atoms with van der Waals surface area (Å²) in [6.45, 7) is 1.97. The third-order valence-electron chi connectivity index (χ3n) is 4.12. The van der Waals surface area contributed by atoms with Gasteiger partial charge in [0.05, 0.1) is 18.3 Å². The highest BCUT2D eigenvalue weighted by Crippen LogP contribution is 2.37. The Hall–Kier alpha value is -1.36. The van der Waals surface area contributed by atoms with Crippen LogP contribution in [0.25, 0.3) is 0 Å². The fourth-order valence-corrected chi connectivity index (χ4v) is 3.42. The number of halogens is 1. The SMILES string of the molecule is NC(=O)CN1C[C@H]2CCCN2C2=C(F)C=CC[C@@H]21. The van der Waals surface area contributed by atoms with Gasteiger partial charge in [0.1, 0.15) is 5.83 Å². The summed E-state index contributed by atoms with van der Waals surface area (Å²) in [6, 6.07) is 0.324. The molecule has 2 atom stereocenters. The third kappa shape index (κ3) is 1.82. The second-order valence-corrected chi connectivity index (χ2v) is 5.27. The molecule has 0 unspecified atom stereocenters. The Balaban J connectivity index is 1.93.